The third kappa shape index (κ3) is 3.51. The van der Waals surface area contributed by atoms with E-state index in [2.05, 4.69) is 0 Å². The van der Waals surface area contributed by atoms with Gasteiger partial charge in [0.05, 0.1) is 12.7 Å². The van der Waals surface area contributed by atoms with Crippen LogP contribution in [0.3, 0.4) is 0 Å². The number of carbonyl (C=O) groups is 1. The van der Waals surface area contributed by atoms with Crippen molar-refractivity contribution in [1.82, 2.24) is 0 Å². The number of thioether (sulfide) groups is 1. The molecule has 2 aromatic carbocycles. The first-order chi connectivity index (χ1) is 9.20. The van der Waals surface area contributed by atoms with E-state index < -0.39 is 0 Å². The van der Waals surface area contributed by atoms with Crippen molar-refractivity contribution in [3.63, 3.8) is 0 Å². The molecule has 2 rings (SSSR count). The third-order valence-electron chi connectivity index (χ3n) is 2.68. The number of nitrogens with two attached hydrogens (primary N) is 1. The average Bonchev–Trinajstić information content (AvgIpc) is 2.45. The van der Waals surface area contributed by atoms with Gasteiger partial charge < -0.3 is 10.5 Å². The standard InChI is InChI=1S/C15H15NO2S/c1-18-15(17)14-8-3-2-5-11(14)10-19-13-7-4-6-12(16)9-13/h2-9H,10,16H2,1H3. The van der Waals surface area contributed by atoms with Gasteiger partial charge in [-0.1, -0.05) is 24.3 Å². The third-order valence-corrected chi connectivity index (χ3v) is 3.72. The highest BCUT2D eigenvalue weighted by Crippen LogP contribution is 2.26. The normalized spacial score (nSPS) is 10.2. The Bertz CT molecular complexity index is 584. The summed E-state index contributed by atoms with van der Waals surface area (Å²) in [5.74, 6) is 0.401. The summed E-state index contributed by atoms with van der Waals surface area (Å²) in [6.45, 7) is 0. The zero-order chi connectivity index (χ0) is 13.7. The average molecular weight is 273 g/mol. The van der Waals surface area contributed by atoms with Crippen molar-refractivity contribution in [1.29, 1.82) is 0 Å². The van der Waals surface area contributed by atoms with E-state index in [0.717, 1.165) is 16.1 Å². The molecule has 0 saturated carbocycles. The van der Waals surface area contributed by atoms with E-state index in [4.69, 9.17) is 10.5 Å². The van der Waals surface area contributed by atoms with Gasteiger partial charge in [-0.3, -0.25) is 0 Å². The number of esters is 1. The van der Waals surface area contributed by atoms with Crippen molar-refractivity contribution in [3.05, 3.63) is 59.7 Å². The predicted molar refractivity (Wildman–Crippen MR) is 78.2 cm³/mol. The zero-order valence-corrected chi connectivity index (χ0v) is 11.4. The summed E-state index contributed by atoms with van der Waals surface area (Å²) in [5, 5.41) is 0. The van der Waals surface area contributed by atoms with Crippen molar-refractivity contribution in [2.24, 2.45) is 0 Å². The molecule has 4 heteroatoms. The largest absolute Gasteiger partial charge is 0.465 e. The van der Waals surface area contributed by atoms with Crippen LogP contribution >= 0.6 is 11.8 Å². The topological polar surface area (TPSA) is 52.3 Å². The summed E-state index contributed by atoms with van der Waals surface area (Å²) in [7, 11) is 1.39. The summed E-state index contributed by atoms with van der Waals surface area (Å²) in [4.78, 5) is 12.7. The first-order valence-electron chi connectivity index (χ1n) is 5.85. The summed E-state index contributed by atoms with van der Waals surface area (Å²) >= 11 is 1.64. The monoisotopic (exact) mass is 273 g/mol. The Labute approximate surface area is 116 Å². The molecule has 0 aliphatic heterocycles. The summed E-state index contributed by atoms with van der Waals surface area (Å²) in [6.07, 6.45) is 0. The second-order valence-corrected chi connectivity index (χ2v) is 5.06. The molecule has 98 valence electrons. The lowest BCUT2D eigenvalue weighted by Gasteiger charge is -2.07. The lowest BCUT2D eigenvalue weighted by molar-refractivity contribution is 0.0600. The van der Waals surface area contributed by atoms with Crippen molar-refractivity contribution < 1.29 is 9.53 Å². The molecule has 0 spiro atoms. The van der Waals surface area contributed by atoms with E-state index in [9.17, 15) is 4.79 Å². The van der Waals surface area contributed by atoms with Gasteiger partial charge in [0.1, 0.15) is 0 Å². The lowest BCUT2D eigenvalue weighted by Crippen LogP contribution is -2.04. The Morgan fingerprint density at radius 1 is 1.21 bits per heavy atom. The summed E-state index contributed by atoms with van der Waals surface area (Å²) in [5.41, 5.74) is 8.05. The van der Waals surface area contributed by atoms with E-state index >= 15 is 0 Å². The fraction of sp³-hybridized carbons (Fsp3) is 0.133. The zero-order valence-electron chi connectivity index (χ0n) is 10.6. The van der Waals surface area contributed by atoms with Gasteiger partial charge in [-0.15, -0.1) is 11.8 Å². The molecule has 0 heterocycles. The fourth-order valence-electron chi connectivity index (χ4n) is 1.72. The molecule has 0 radical (unpaired) electrons. The van der Waals surface area contributed by atoms with Crippen molar-refractivity contribution in [2.45, 2.75) is 10.6 Å². The number of ether oxygens (including phenoxy) is 1. The Morgan fingerprint density at radius 2 is 2.00 bits per heavy atom. The minimum atomic E-state index is -0.302. The second-order valence-electron chi connectivity index (χ2n) is 4.01. The second kappa shape index (κ2) is 6.29. The van der Waals surface area contributed by atoms with Crippen LogP contribution in [0.2, 0.25) is 0 Å². The number of rotatable bonds is 4. The van der Waals surface area contributed by atoms with Crippen LogP contribution in [0, 0.1) is 0 Å². The van der Waals surface area contributed by atoms with Gasteiger partial charge in [0.2, 0.25) is 0 Å². The fourth-order valence-corrected chi connectivity index (χ4v) is 2.69. The van der Waals surface area contributed by atoms with Crippen molar-refractivity contribution in [2.75, 3.05) is 12.8 Å². The molecule has 0 atom stereocenters. The quantitative estimate of drug-likeness (QED) is 0.527. The molecule has 0 amide bonds. The smallest absolute Gasteiger partial charge is 0.338 e. The highest BCUT2D eigenvalue weighted by atomic mass is 32.2. The summed E-state index contributed by atoms with van der Waals surface area (Å²) in [6, 6.07) is 15.2. The number of carbonyl (C=O) groups excluding carboxylic acids is 1. The van der Waals surface area contributed by atoms with E-state index in [0.29, 0.717) is 11.3 Å². The first kappa shape index (κ1) is 13.5. The van der Waals surface area contributed by atoms with Crippen molar-refractivity contribution >= 4 is 23.4 Å². The molecular formula is C15H15NO2S. The number of benzene rings is 2. The van der Waals surface area contributed by atoms with Crippen LogP contribution in [0.4, 0.5) is 5.69 Å². The van der Waals surface area contributed by atoms with Gasteiger partial charge in [-0.25, -0.2) is 4.79 Å². The Morgan fingerprint density at radius 3 is 2.74 bits per heavy atom. The minimum Gasteiger partial charge on any atom is -0.465 e. The number of nitrogen functional groups attached to an aromatic ring is 1. The number of methoxy groups -OCH3 is 1. The maximum Gasteiger partial charge on any atom is 0.338 e. The van der Waals surface area contributed by atoms with Gasteiger partial charge in [-0.2, -0.15) is 0 Å². The van der Waals surface area contributed by atoms with Crippen LogP contribution in [-0.2, 0) is 10.5 Å². The number of anilines is 1. The molecule has 0 aliphatic carbocycles. The molecule has 0 saturated heterocycles. The van der Waals surface area contributed by atoms with Crippen molar-refractivity contribution in [3.8, 4) is 0 Å². The van der Waals surface area contributed by atoms with Crippen LogP contribution in [0.25, 0.3) is 0 Å². The first-order valence-corrected chi connectivity index (χ1v) is 6.84. The molecule has 2 N–H and O–H groups in total. The Hall–Kier alpha value is -1.94. The van der Waals surface area contributed by atoms with Crippen LogP contribution in [0.1, 0.15) is 15.9 Å². The Balaban J connectivity index is 2.13. The molecule has 0 unspecified atom stereocenters. The SMILES string of the molecule is COC(=O)c1ccccc1CSc1cccc(N)c1. The molecule has 0 bridgehead atoms. The van der Waals surface area contributed by atoms with Crippen LogP contribution < -0.4 is 5.73 Å². The van der Waals surface area contributed by atoms with Gasteiger partial charge in [0.15, 0.2) is 0 Å². The Kier molecular flexibility index (Phi) is 4.47. The number of hydrogen-bond donors (Lipinski definition) is 1. The highest BCUT2D eigenvalue weighted by molar-refractivity contribution is 7.98. The molecular weight excluding hydrogens is 258 g/mol. The number of hydrogen-bond acceptors (Lipinski definition) is 4. The van der Waals surface area contributed by atoms with Crippen LogP contribution in [0.5, 0.6) is 0 Å². The molecule has 0 aliphatic rings. The van der Waals surface area contributed by atoms with Gasteiger partial charge in [0, 0.05) is 16.3 Å². The van der Waals surface area contributed by atoms with Gasteiger partial charge >= 0.3 is 5.97 Å². The summed E-state index contributed by atoms with van der Waals surface area (Å²) < 4.78 is 4.78. The van der Waals surface area contributed by atoms with Gasteiger partial charge in [-0.05, 0) is 29.8 Å². The molecule has 3 nitrogen and oxygen atoms in total. The maximum absolute atomic E-state index is 11.6. The highest BCUT2D eigenvalue weighted by Gasteiger charge is 2.10. The molecule has 0 fully saturated rings. The predicted octanol–water partition coefficient (Wildman–Crippen LogP) is 3.35. The minimum absolute atomic E-state index is 0.302. The molecule has 0 aromatic heterocycles. The maximum atomic E-state index is 11.6. The van der Waals surface area contributed by atoms with E-state index in [1.807, 2.05) is 42.5 Å². The van der Waals surface area contributed by atoms with Crippen LogP contribution in [-0.4, -0.2) is 13.1 Å². The van der Waals surface area contributed by atoms with E-state index in [1.165, 1.54) is 7.11 Å². The molecule has 19 heavy (non-hydrogen) atoms. The van der Waals surface area contributed by atoms with Gasteiger partial charge in [0.25, 0.3) is 0 Å². The molecule has 2 aromatic rings. The van der Waals surface area contributed by atoms with E-state index in [-0.39, 0.29) is 5.97 Å². The van der Waals surface area contributed by atoms with E-state index in [1.54, 1.807) is 17.8 Å². The van der Waals surface area contributed by atoms with Crippen LogP contribution in [0.15, 0.2) is 53.4 Å². The lowest BCUT2D eigenvalue weighted by atomic mass is 10.1.